The average Bonchev–Trinajstić information content (AvgIpc) is 3.52. The first-order valence-corrected chi connectivity index (χ1v) is 12.9. The van der Waals surface area contributed by atoms with Gasteiger partial charge in [0.15, 0.2) is 0 Å². The fourth-order valence-electron chi connectivity index (χ4n) is 5.41. The second kappa shape index (κ2) is 10.7. The van der Waals surface area contributed by atoms with Crippen molar-refractivity contribution < 1.29 is 27.9 Å². The van der Waals surface area contributed by atoms with Gasteiger partial charge < -0.3 is 9.64 Å². The van der Waals surface area contributed by atoms with Crippen LogP contribution in [-0.2, 0) is 14.4 Å². The third kappa shape index (κ3) is 5.34. The maximum Gasteiger partial charge on any atom is 0.249 e. The molecule has 2 heterocycles. The summed E-state index contributed by atoms with van der Waals surface area (Å²) in [7, 11) is 0. The highest BCUT2D eigenvalue weighted by atomic mass is 35.5. The van der Waals surface area contributed by atoms with Crippen molar-refractivity contribution in [3.05, 3.63) is 58.6 Å². The molecule has 0 radical (unpaired) electrons. The van der Waals surface area contributed by atoms with Crippen LogP contribution in [0.1, 0.15) is 56.6 Å². The van der Waals surface area contributed by atoms with Gasteiger partial charge in [0.1, 0.15) is 17.4 Å². The summed E-state index contributed by atoms with van der Waals surface area (Å²) in [5, 5.41) is 1.82. The molecule has 2 amide bonds. The van der Waals surface area contributed by atoms with Crippen LogP contribution in [0.25, 0.3) is 0 Å². The topological polar surface area (TPSA) is 59.1 Å². The van der Waals surface area contributed by atoms with E-state index in [1.165, 1.54) is 17.2 Å². The molecule has 0 unspecified atom stereocenters. The Hall–Kier alpha value is -2.71. The van der Waals surface area contributed by atoms with Crippen LogP contribution in [0.3, 0.4) is 0 Å². The van der Waals surface area contributed by atoms with Crippen LogP contribution >= 0.6 is 11.6 Å². The maximum absolute atomic E-state index is 13.7. The number of anilines is 1. The predicted octanol–water partition coefficient (Wildman–Crippen LogP) is 5.84. The van der Waals surface area contributed by atoms with Crippen LogP contribution in [0, 0.1) is 23.5 Å². The quantitative estimate of drug-likeness (QED) is 0.482. The molecule has 6 nitrogen and oxygen atoms in total. The van der Waals surface area contributed by atoms with Gasteiger partial charge in [0.25, 0.3) is 0 Å². The van der Waals surface area contributed by atoms with E-state index in [4.69, 9.17) is 21.2 Å². The lowest BCUT2D eigenvalue weighted by molar-refractivity contribution is -0.183. The number of rotatable bonds is 6. The molecule has 0 aromatic heterocycles. The molecule has 5 rings (SSSR count). The predicted molar refractivity (Wildman–Crippen MR) is 130 cm³/mol. The van der Waals surface area contributed by atoms with Crippen LogP contribution in [0.15, 0.2) is 36.4 Å². The second-order valence-electron chi connectivity index (χ2n) is 9.80. The Labute approximate surface area is 214 Å². The number of amides is 2. The summed E-state index contributed by atoms with van der Waals surface area (Å²) < 4.78 is 33.5. The summed E-state index contributed by atoms with van der Waals surface area (Å²) in [4.78, 5) is 32.6. The van der Waals surface area contributed by atoms with Gasteiger partial charge in [-0.05, 0) is 67.9 Å². The lowest BCUT2D eigenvalue weighted by Gasteiger charge is -2.32. The number of halogens is 3. The van der Waals surface area contributed by atoms with Crippen molar-refractivity contribution in [2.75, 3.05) is 24.7 Å². The fourth-order valence-corrected chi connectivity index (χ4v) is 5.58. The molecule has 3 aliphatic rings. The highest BCUT2D eigenvalue weighted by molar-refractivity contribution is 6.32. The molecule has 9 heteroatoms. The fraction of sp³-hybridized carbons (Fsp3) is 0.481. The largest absolute Gasteiger partial charge is 0.492 e. The van der Waals surface area contributed by atoms with Gasteiger partial charge in [-0.1, -0.05) is 11.6 Å². The Kier molecular flexibility index (Phi) is 7.44. The number of hydrogen-bond donors (Lipinski definition) is 0. The minimum atomic E-state index is -0.664. The molecule has 1 aliphatic carbocycles. The second-order valence-corrected chi connectivity index (χ2v) is 10.2. The average molecular weight is 519 g/mol. The Morgan fingerprint density at radius 3 is 2.50 bits per heavy atom. The van der Waals surface area contributed by atoms with Crippen LogP contribution < -0.4 is 9.64 Å². The normalized spacial score (nSPS) is 24.4. The first kappa shape index (κ1) is 25.0. The molecule has 3 fully saturated rings. The summed E-state index contributed by atoms with van der Waals surface area (Å²) in [6.45, 7) is 1.51. The van der Waals surface area contributed by atoms with Crippen molar-refractivity contribution in [2.45, 2.75) is 51.0 Å². The van der Waals surface area contributed by atoms with Crippen molar-refractivity contribution >= 4 is 29.1 Å². The molecule has 2 aromatic carbocycles. The summed E-state index contributed by atoms with van der Waals surface area (Å²) in [5.74, 6) is -0.721. The van der Waals surface area contributed by atoms with Crippen LogP contribution in [-0.4, -0.2) is 36.6 Å². The standard InChI is InChI=1S/C27H29ClF2N2O4/c28-23-8-7-22(31-10-1-2-26(31)33)15-25(23)35-16-17-3-5-18(6-4-17)27(34)32-24(9-11-36-32)19-12-20(29)14-21(30)13-19/h7-8,12-15,17-18,24H,1-6,9-11,16H2/t17-,18-,24-/m0/s1. The smallest absolute Gasteiger partial charge is 0.249 e. The summed E-state index contributed by atoms with van der Waals surface area (Å²) in [6.07, 6.45) is 4.91. The van der Waals surface area contributed by atoms with E-state index in [0.29, 0.717) is 61.8 Å². The Balaban J connectivity index is 1.15. The summed E-state index contributed by atoms with van der Waals surface area (Å²) >= 11 is 6.34. The zero-order chi connectivity index (χ0) is 25.2. The molecule has 0 spiro atoms. The molecule has 1 atom stereocenters. The van der Waals surface area contributed by atoms with E-state index in [0.717, 1.165) is 31.0 Å². The highest BCUT2D eigenvalue weighted by Crippen LogP contribution is 2.38. The number of carbonyl (C=O) groups excluding carboxylic acids is 2. The third-order valence-corrected chi connectivity index (χ3v) is 7.67. The number of benzene rings is 2. The first-order valence-electron chi connectivity index (χ1n) is 12.5. The van der Waals surface area contributed by atoms with Gasteiger partial charge in [0.05, 0.1) is 24.3 Å². The molecule has 1 saturated carbocycles. The molecule has 192 valence electrons. The molecular formula is C27H29ClF2N2O4. The first-order chi connectivity index (χ1) is 17.4. The van der Waals surface area contributed by atoms with Gasteiger partial charge in [-0.15, -0.1) is 0 Å². The van der Waals surface area contributed by atoms with Crippen molar-refractivity contribution in [2.24, 2.45) is 11.8 Å². The van der Waals surface area contributed by atoms with Crippen molar-refractivity contribution in [3.8, 4) is 5.75 Å². The monoisotopic (exact) mass is 518 g/mol. The zero-order valence-corrected chi connectivity index (χ0v) is 20.7. The van der Waals surface area contributed by atoms with Crippen molar-refractivity contribution in [3.63, 3.8) is 0 Å². The van der Waals surface area contributed by atoms with E-state index in [-0.39, 0.29) is 23.7 Å². The van der Waals surface area contributed by atoms with Crippen LogP contribution in [0.2, 0.25) is 5.02 Å². The number of hydroxylamine groups is 2. The molecule has 2 aromatic rings. The minimum Gasteiger partial charge on any atom is -0.492 e. The van der Waals surface area contributed by atoms with Crippen LogP contribution in [0.4, 0.5) is 14.5 Å². The lowest BCUT2D eigenvalue weighted by Crippen LogP contribution is -2.37. The number of ether oxygens (including phenoxy) is 1. The van der Waals surface area contributed by atoms with E-state index >= 15 is 0 Å². The van der Waals surface area contributed by atoms with Crippen LogP contribution in [0.5, 0.6) is 5.75 Å². The number of hydrogen-bond acceptors (Lipinski definition) is 4. The van der Waals surface area contributed by atoms with E-state index < -0.39 is 17.7 Å². The van der Waals surface area contributed by atoms with Crippen molar-refractivity contribution in [1.82, 2.24) is 5.06 Å². The van der Waals surface area contributed by atoms with Crippen molar-refractivity contribution in [1.29, 1.82) is 0 Å². The van der Waals surface area contributed by atoms with E-state index in [2.05, 4.69) is 0 Å². The van der Waals surface area contributed by atoms with E-state index in [1.807, 2.05) is 12.1 Å². The Morgan fingerprint density at radius 2 is 1.81 bits per heavy atom. The van der Waals surface area contributed by atoms with Gasteiger partial charge in [0.2, 0.25) is 11.8 Å². The zero-order valence-electron chi connectivity index (χ0n) is 19.9. The van der Waals surface area contributed by atoms with E-state index in [9.17, 15) is 18.4 Å². The molecule has 0 bridgehead atoms. The number of carbonyl (C=O) groups is 2. The minimum absolute atomic E-state index is 0.109. The maximum atomic E-state index is 13.7. The van der Waals surface area contributed by atoms with Gasteiger partial charge in [0, 0.05) is 43.1 Å². The molecule has 0 N–H and O–H groups in total. The van der Waals surface area contributed by atoms with Gasteiger partial charge in [-0.2, -0.15) is 0 Å². The summed E-state index contributed by atoms with van der Waals surface area (Å²) in [6, 6.07) is 8.27. The highest BCUT2D eigenvalue weighted by Gasteiger charge is 2.37. The van der Waals surface area contributed by atoms with E-state index in [1.54, 1.807) is 11.0 Å². The molecule has 2 aliphatic heterocycles. The Bertz CT molecular complexity index is 1120. The Morgan fingerprint density at radius 1 is 1.06 bits per heavy atom. The van der Waals surface area contributed by atoms with Gasteiger partial charge in [-0.25, -0.2) is 13.8 Å². The third-order valence-electron chi connectivity index (χ3n) is 7.36. The molecule has 2 saturated heterocycles. The molecule has 36 heavy (non-hydrogen) atoms. The lowest BCUT2D eigenvalue weighted by atomic mass is 9.81. The van der Waals surface area contributed by atoms with Gasteiger partial charge >= 0.3 is 0 Å². The van der Waals surface area contributed by atoms with Gasteiger partial charge in [-0.3, -0.25) is 14.4 Å². The SMILES string of the molecule is O=C1CCCN1c1ccc(Cl)c(OC[C@H]2CC[C@H](C(=O)N3OCC[C@H]3c3cc(F)cc(F)c3)CC2)c1. The molecular weight excluding hydrogens is 490 g/mol. The number of nitrogens with zero attached hydrogens (tertiary/aromatic N) is 2. The summed E-state index contributed by atoms with van der Waals surface area (Å²) in [5.41, 5.74) is 1.21.